The Morgan fingerprint density at radius 3 is 1.95 bits per heavy atom. The fraction of sp³-hybridized carbons (Fsp3) is 1.00. The molecule has 1 aliphatic heterocycles. The van der Waals surface area contributed by atoms with Gasteiger partial charge in [0.1, 0.15) is 0 Å². The van der Waals surface area contributed by atoms with Crippen LogP contribution in [0.1, 0.15) is 19.8 Å². The molecule has 0 aromatic carbocycles. The van der Waals surface area contributed by atoms with Crippen molar-refractivity contribution in [3.63, 3.8) is 0 Å². The van der Waals surface area contributed by atoms with E-state index in [0.717, 1.165) is 0 Å². The second-order valence-corrected chi connectivity index (χ2v) is 8.07. The number of hydrogen-bond donors (Lipinski definition) is 1. The van der Waals surface area contributed by atoms with E-state index in [0.29, 0.717) is 32.4 Å². The molecule has 2 nitrogen and oxygen atoms in total. The number of hydrogen-bond acceptors (Lipinski definition) is 2. The van der Waals surface area contributed by atoms with Crippen LogP contribution in [0.15, 0.2) is 0 Å². The lowest BCUT2D eigenvalue weighted by Crippen LogP contribution is -2.64. The maximum atomic E-state index is 13.8. The monoisotopic (exact) mass is 360 g/mol. The van der Waals surface area contributed by atoms with Gasteiger partial charge in [-0.1, -0.05) is 13.3 Å². The van der Waals surface area contributed by atoms with Crippen molar-refractivity contribution in [2.45, 2.75) is 55.7 Å². The molecule has 1 rings (SSSR count). The summed E-state index contributed by atoms with van der Waals surface area (Å²) in [7, 11) is -2.21. The van der Waals surface area contributed by atoms with Crippen LogP contribution in [0.25, 0.3) is 0 Å². The van der Waals surface area contributed by atoms with Gasteiger partial charge in [0.2, 0.25) is 0 Å². The van der Waals surface area contributed by atoms with Gasteiger partial charge in [-0.25, -0.2) is 4.39 Å². The van der Waals surface area contributed by atoms with Crippen LogP contribution in [0.2, 0.25) is 12.1 Å². The average molecular weight is 360 g/mol. The Bertz CT molecular complexity index is 379. The molecule has 132 valence electrons. The molecule has 0 amide bonds. The Balaban J connectivity index is 2.94. The van der Waals surface area contributed by atoms with Crippen LogP contribution in [0, 0.1) is 5.92 Å². The first kappa shape index (κ1) is 19.6. The van der Waals surface area contributed by atoms with Gasteiger partial charge < -0.3 is 9.53 Å². The molecule has 0 aromatic rings. The Labute approximate surface area is 123 Å². The van der Waals surface area contributed by atoms with Crippen LogP contribution in [0.4, 0.5) is 35.1 Å². The van der Waals surface area contributed by atoms with Gasteiger partial charge in [-0.3, -0.25) is 0 Å². The third-order valence-electron chi connectivity index (χ3n) is 3.73. The van der Waals surface area contributed by atoms with Crippen molar-refractivity contribution in [1.82, 2.24) is 0 Å². The van der Waals surface area contributed by atoms with Gasteiger partial charge in [0.15, 0.2) is 9.04 Å². The lowest BCUT2D eigenvalue weighted by molar-refractivity contribution is -0.414. The van der Waals surface area contributed by atoms with Crippen LogP contribution >= 0.6 is 0 Å². The number of halogens is 8. The van der Waals surface area contributed by atoms with E-state index in [1.165, 1.54) is 0 Å². The number of aliphatic hydroxyl groups is 1. The smallest absolute Gasteiger partial charge is 0.420 e. The quantitative estimate of drug-likeness (QED) is 0.599. The minimum absolute atomic E-state index is 0.309. The molecule has 1 aliphatic rings. The highest BCUT2D eigenvalue weighted by Crippen LogP contribution is 2.54. The number of alkyl halides is 8. The molecular weight excluding hydrogens is 344 g/mol. The van der Waals surface area contributed by atoms with E-state index >= 15 is 0 Å². The van der Waals surface area contributed by atoms with Crippen LogP contribution in [0.5, 0.6) is 0 Å². The van der Waals surface area contributed by atoms with Crippen molar-refractivity contribution >= 4 is 9.04 Å². The number of rotatable bonds is 5. The van der Waals surface area contributed by atoms with E-state index < -0.39 is 44.9 Å². The largest absolute Gasteiger partial charge is 0.460 e. The minimum atomic E-state index is -6.69. The van der Waals surface area contributed by atoms with Crippen molar-refractivity contribution in [2.75, 3.05) is 6.61 Å². The summed E-state index contributed by atoms with van der Waals surface area (Å²) in [5.74, 6) is -20.1. The molecule has 22 heavy (non-hydrogen) atoms. The summed E-state index contributed by atoms with van der Waals surface area (Å²) in [6.07, 6.45) is -5.29. The second kappa shape index (κ2) is 6.23. The van der Waals surface area contributed by atoms with Crippen molar-refractivity contribution in [2.24, 2.45) is 5.92 Å². The van der Waals surface area contributed by atoms with Gasteiger partial charge >= 0.3 is 18.0 Å². The average Bonchev–Trinajstić information content (AvgIpc) is 2.38. The van der Waals surface area contributed by atoms with Gasteiger partial charge in [-0.15, -0.1) is 0 Å². The Kier molecular flexibility index (Phi) is 5.56. The van der Waals surface area contributed by atoms with E-state index in [9.17, 15) is 35.1 Å². The summed E-state index contributed by atoms with van der Waals surface area (Å²) in [5, 5.41) is 9.11. The second-order valence-electron chi connectivity index (χ2n) is 5.45. The molecule has 0 saturated carbocycles. The first-order valence-corrected chi connectivity index (χ1v) is 8.71. The predicted molar refractivity (Wildman–Crippen MR) is 63.1 cm³/mol. The summed E-state index contributed by atoms with van der Waals surface area (Å²) in [5.41, 5.74) is 0. The summed E-state index contributed by atoms with van der Waals surface area (Å²) in [4.78, 5) is 0. The molecule has 0 radical (unpaired) electrons. The molecule has 0 bridgehead atoms. The van der Waals surface area contributed by atoms with Gasteiger partial charge in [0, 0.05) is 12.5 Å². The zero-order chi connectivity index (χ0) is 17.4. The fourth-order valence-electron chi connectivity index (χ4n) is 2.25. The SMILES string of the molecule is CC(C[SiH]1CCCCO1)C(O)(F)C(F)(F)C(F)(F)C(F)(F)F. The van der Waals surface area contributed by atoms with E-state index in [1.54, 1.807) is 0 Å². The maximum absolute atomic E-state index is 13.8. The highest BCUT2D eigenvalue weighted by atomic mass is 28.3. The third-order valence-corrected chi connectivity index (χ3v) is 6.73. The predicted octanol–water partition coefficient (Wildman–Crippen LogP) is 3.65. The van der Waals surface area contributed by atoms with Crippen molar-refractivity contribution < 1.29 is 44.7 Å². The maximum Gasteiger partial charge on any atom is 0.460 e. The van der Waals surface area contributed by atoms with Crippen LogP contribution in [-0.4, -0.2) is 44.6 Å². The molecule has 0 spiro atoms. The fourth-order valence-corrected chi connectivity index (χ4v) is 5.13. The normalized spacial score (nSPS) is 25.6. The van der Waals surface area contributed by atoms with E-state index in [-0.39, 0.29) is 0 Å². The molecule has 1 fully saturated rings. The summed E-state index contributed by atoms with van der Waals surface area (Å²) in [6, 6.07) is -0.00180. The molecule has 3 unspecified atom stereocenters. The van der Waals surface area contributed by atoms with Crippen LogP contribution in [0.3, 0.4) is 0 Å². The van der Waals surface area contributed by atoms with Crippen LogP contribution in [-0.2, 0) is 4.43 Å². The molecule has 3 atom stereocenters. The topological polar surface area (TPSA) is 29.5 Å². The summed E-state index contributed by atoms with van der Waals surface area (Å²) >= 11 is 0. The Morgan fingerprint density at radius 2 is 1.55 bits per heavy atom. The molecule has 0 aliphatic carbocycles. The molecule has 0 aromatic heterocycles. The minimum Gasteiger partial charge on any atom is -0.420 e. The van der Waals surface area contributed by atoms with E-state index in [2.05, 4.69) is 0 Å². The van der Waals surface area contributed by atoms with E-state index in [4.69, 9.17) is 9.53 Å². The van der Waals surface area contributed by atoms with Gasteiger partial charge in [-0.05, 0) is 18.5 Å². The Morgan fingerprint density at radius 1 is 1.00 bits per heavy atom. The van der Waals surface area contributed by atoms with Crippen LogP contribution < -0.4 is 0 Å². The summed E-state index contributed by atoms with van der Waals surface area (Å²) in [6.45, 7) is 0.981. The molecule has 11 heteroatoms. The lowest BCUT2D eigenvalue weighted by atomic mass is 9.93. The molecule has 1 N–H and O–H groups in total. The highest BCUT2D eigenvalue weighted by molar-refractivity contribution is 6.52. The van der Waals surface area contributed by atoms with Gasteiger partial charge in [0.25, 0.3) is 5.85 Å². The molecule has 1 saturated heterocycles. The third kappa shape index (κ3) is 3.40. The lowest BCUT2D eigenvalue weighted by Gasteiger charge is -2.39. The standard InChI is InChI=1S/C11H16F8O2Si/c1-7(6-22-5-3-2-4-21-22)8(12,20)9(13,14)10(15,16)11(17,18)19/h7,20,22H,2-6H2,1H3. The zero-order valence-electron chi connectivity index (χ0n) is 11.6. The van der Waals surface area contributed by atoms with Crippen molar-refractivity contribution in [3.05, 3.63) is 0 Å². The molecule has 1 heterocycles. The van der Waals surface area contributed by atoms with Crippen molar-refractivity contribution in [3.8, 4) is 0 Å². The first-order valence-electron chi connectivity index (χ1n) is 6.60. The van der Waals surface area contributed by atoms with Gasteiger partial charge in [-0.2, -0.15) is 30.7 Å². The highest BCUT2D eigenvalue weighted by Gasteiger charge is 2.81. The van der Waals surface area contributed by atoms with Crippen molar-refractivity contribution in [1.29, 1.82) is 0 Å². The Hall–Kier alpha value is -0.423. The first-order chi connectivity index (χ1) is 9.75. The molecular formula is C11H16F8O2Si. The zero-order valence-corrected chi connectivity index (χ0v) is 12.7. The van der Waals surface area contributed by atoms with Gasteiger partial charge in [0.05, 0.1) is 0 Å². The summed E-state index contributed by atoms with van der Waals surface area (Å²) < 4.78 is 108. The van der Waals surface area contributed by atoms with E-state index in [1.807, 2.05) is 0 Å².